The highest BCUT2D eigenvalue weighted by Crippen LogP contribution is 2.38. The topological polar surface area (TPSA) is 57.4 Å². The number of nitriles is 2. The van der Waals surface area contributed by atoms with Crippen LogP contribution in [0.3, 0.4) is 0 Å². The van der Waals surface area contributed by atoms with Crippen LogP contribution in [-0.2, 0) is 0 Å². The molecule has 42 heavy (non-hydrogen) atoms. The molecule has 0 radical (unpaired) electrons. The van der Waals surface area contributed by atoms with E-state index in [-0.39, 0.29) is 0 Å². The summed E-state index contributed by atoms with van der Waals surface area (Å²) >= 11 is 0. The van der Waals surface area contributed by atoms with Crippen LogP contribution in [-0.4, -0.2) is 9.13 Å². The monoisotopic (exact) mass is 534 g/mol. The number of hydrogen-bond acceptors (Lipinski definition) is 2. The Labute approximate surface area is 242 Å². The molecule has 0 N–H and O–H groups in total. The summed E-state index contributed by atoms with van der Waals surface area (Å²) in [7, 11) is 0. The SMILES string of the molecule is N#Cc1ccc2c(c1)c1ccccc1n2-c1ccc(-c2ccccc2-n2c3ccccc3c3ccccc32)c(C#N)c1. The van der Waals surface area contributed by atoms with Gasteiger partial charge in [0.1, 0.15) is 0 Å². The van der Waals surface area contributed by atoms with E-state index in [1.807, 2.05) is 42.5 Å². The van der Waals surface area contributed by atoms with Crippen LogP contribution in [0, 0.1) is 22.7 Å². The number of nitrogens with zero attached hydrogens (tertiary/aromatic N) is 4. The van der Waals surface area contributed by atoms with Gasteiger partial charge in [0.15, 0.2) is 0 Å². The van der Waals surface area contributed by atoms with Crippen molar-refractivity contribution >= 4 is 43.6 Å². The van der Waals surface area contributed by atoms with E-state index in [2.05, 4.69) is 112 Å². The highest BCUT2D eigenvalue weighted by atomic mass is 15.0. The Morgan fingerprint density at radius 2 is 1.00 bits per heavy atom. The molecule has 4 nitrogen and oxygen atoms in total. The Bertz CT molecular complexity index is 2390. The minimum atomic E-state index is 0.597. The van der Waals surface area contributed by atoms with Crippen LogP contribution < -0.4 is 0 Å². The summed E-state index contributed by atoms with van der Waals surface area (Å²) in [6, 6.07) is 50.1. The summed E-state index contributed by atoms with van der Waals surface area (Å²) in [6.07, 6.45) is 0. The minimum Gasteiger partial charge on any atom is -0.309 e. The molecule has 0 unspecified atom stereocenters. The van der Waals surface area contributed by atoms with Crippen LogP contribution >= 0.6 is 0 Å². The molecule has 6 aromatic carbocycles. The zero-order valence-corrected chi connectivity index (χ0v) is 22.5. The predicted octanol–water partition coefficient (Wildman–Crippen LogP) is 9.29. The van der Waals surface area contributed by atoms with Crippen LogP contribution in [0.25, 0.3) is 66.1 Å². The number of rotatable bonds is 3. The summed E-state index contributed by atoms with van der Waals surface area (Å²) in [5, 5.41) is 24.5. The van der Waals surface area contributed by atoms with Gasteiger partial charge < -0.3 is 9.13 Å². The molecule has 8 aromatic rings. The lowest BCUT2D eigenvalue weighted by Crippen LogP contribution is -1.99. The average Bonchev–Trinajstić information content (AvgIpc) is 3.57. The van der Waals surface area contributed by atoms with Gasteiger partial charge in [-0.2, -0.15) is 10.5 Å². The van der Waals surface area contributed by atoms with Crippen molar-refractivity contribution in [2.45, 2.75) is 0 Å². The quantitative estimate of drug-likeness (QED) is 0.227. The summed E-state index contributed by atoms with van der Waals surface area (Å²) in [5.74, 6) is 0. The van der Waals surface area contributed by atoms with Gasteiger partial charge in [-0.25, -0.2) is 0 Å². The number of benzene rings is 6. The Hall–Kier alpha value is -6.10. The van der Waals surface area contributed by atoms with E-state index in [1.54, 1.807) is 0 Å². The maximum Gasteiger partial charge on any atom is 0.0998 e. The molecule has 4 heteroatoms. The van der Waals surface area contributed by atoms with Crippen molar-refractivity contribution in [3.8, 4) is 34.6 Å². The van der Waals surface area contributed by atoms with E-state index in [4.69, 9.17) is 0 Å². The predicted molar refractivity (Wildman–Crippen MR) is 170 cm³/mol. The van der Waals surface area contributed by atoms with E-state index >= 15 is 0 Å². The van der Waals surface area contributed by atoms with Crippen molar-refractivity contribution < 1.29 is 0 Å². The Balaban J connectivity index is 1.36. The molecular weight excluding hydrogens is 512 g/mol. The fourth-order valence-corrected chi connectivity index (χ4v) is 6.40. The lowest BCUT2D eigenvalue weighted by molar-refractivity contribution is 1.17. The van der Waals surface area contributed by atoms with Gasteiger partial charge in [-0.15, -0.1) is 0 Å². The van der Waals surface area contributed by atoms with Gasteiger partial charge >= 0.3 is 0 Å². The number of aromatic nitrogens is 2. The van der Waals surface area contributed by atoms with E-state index in [0.717, 1.165) is 55.3 Å². The molecule has 0 amide bonds. The van der Waals surface area contributed by atoms with Crippen LogP contribution in [0.4, 0.5) is 0 Å². The van der Waals surface area contributed by atoms with Gasteiger partial charge in [-0.1, -0.05) is 78.9 Å². The van der Waals surface area contributed by atoms with E-state index in [9.17, 15) is 10.5 Å². The molecule has 0 atom stereocenters. The second-order valence-electron chi connectivity index (χ2n) is 10.4. The summed E-state index contributed by atoms with van der Waals surface area (Å²) in [4.78, 5) is 0. The molecule has 2 heterocycles. The lowest BCUT2D eigenvalue weighted by Gasteiger charge is -2.16. The largest absolute Gasteiger partial charge is 0.309 e. The molecule has 0 aliphatic carbocycles. The molecular formula is C38H22N4. The van der Waals surface area contributed by atoms with Gasteiger partial charge in [-0.3, -0.25) is 0 Å². The third kappa shape index (κ3) is 3.40. The van der Waals surface area contributed by atoms with Gasteiger partial charge in [0.2, 0.25) is 0 Å². The van der Waals surface area contributed by atoms with Crippen molar-refractivity contribution in [2.75, 3.05) is 0 Å². The zero-order valence-electron chi connectivity index (χ0n) is 22.5. The molecule has 0 fully saturated rings. The van der Waals surface area contributed by atoms with Crippen molar-refractivity contribution in [1.29, 1.82) is 10.5 Å². The average molecular weight is 535 g/mol. The minimum absolute atomic E-state index is 0.597. The standard InChI is InChI=1S/C38H22N4/c39-23-25-17-20-38-33(21-25)32-12-4-5-13-34(32)41(38)27-18-19-28(26(22-27)24-40)29-9-1-6-14-35(29)42-36-15-7-2-10-30(36)31-11-3-8-16-37(31)42/h1-22H. The van der Waals surface area contributed by atoms with Crippen LogP contribution in [0.2, 0.25) is 0 Å². The number of para-hydroxylation sites is 4. The fraction of sp³-hybridized carbons (Fsp3) is 0. The first-order valence-corrected chi connectivity index (χ1v) is 13.8. The molecule has 2 aromatic heterocycles. The number of hydrogen-bond donors (Lipinski definition) is 0. The zero-order chi connectivity index (χ0) is 28.2. The maximum absolute atomic E-state index is 10.5. The molecule has 0 aliphatic heterocycles. The van der Waals surface area contributed by atoms with Crippen molar-refractivity contribution in [3.05, 3.63) is 145 Å². The second kappa shape index (κ2) is 9.24. The van der Waals surface area contributed by atoms with E-state index in [1.165, 1.54) is 10.8 Å². The number of fused-ring (bicyclic) bond motifs is 6. The normalized spacial score (nSPS) is 11.3. The highest BCUT2D eigenvalue weighted by molar-refractivity contribution is 6.11. The first-order valence-electron chi connectivity index (χ1n) is 13.8. The first-order chi connectivity index (χ1) is 20.8. The molecule has 0 saturated heterocycles. The Morgan fingerprint density at radius 1 is 0.429 bits per heavy atom. The van der Waals surface area contributed by atoms with Crippen LogP contribution in [0.5, 0.6) is 0 Å². The summed E-state index contributed by atoms with van der Waals surface area (Å²) in [6.45, 7) is 0. The summed E-state index contributed by atoms with van der Waals surface area (Å²) in [5.41, 5.74) is 9.31. The summed E-state index contributed by atoms with van der Waals surface area (Å²) < 4.78 is 4.48. The van der Waals surface area contributed by atoms with Crippen LogP contribution in [0.1, 0.15) is 11.1 Å². The molecule has 194 valence electrons. The van der Waals surface area contributed by atoms with Crippen molar-refractivity contribution in [1.82, 2.24) is 9.13 Å². The van der Waals surface area contributed by atoms with Crippen molar-refractivity contribution in [3.63, 3.8) is 0 Å². The third-order valence-corrected chi connectivity index (χ3v) is 8.20. The van der Waals surface area contributed by atoms with Crippen molar-refractivity contribution in [2.24, 2.45) is 0 Å². The Kier molecular flexibility index (Phi) is 5.22. The first kappa shape index (κ1) is 23.8. The lowest BCUT2D eigenvalue weighted by atomic mass is 9.97. The molecule has 0 saturated carbocycles. The highest BCUT2D eigenvalue weighted by Gasteiger charge is 2.18. The molecule has 8 rings (SSSR count). The second-order valence-corrected chi connectivity index (χ2v) is 10.4. The van der Waals surface area contributed by atoms with Gasteiger partial charge in [0.05, 0.1) is 51.0 Å². The van der Waals surface area contributed by atoms with E-state index < -0.39 is 0 Å². The fourth-order valence-electron chi connectivity index (χ4n) is 6.40. The van der Waals surface area contributed by atoms with Crippen LogP contribution in [0.15, 0.2) is 133 Å². The molecule has 0 spiro atoms. The van der Waals surface area contributed by atoms with Gasteiger partial charge in [-0.05, 0) is 54.6 Å². The molecule has 0 aliphatic rings. The maximum atomic E-state index is 10.5. The third-order valence-electron chi connectivity index (χ3n) is 8.20. The molecule has 0 bridgehead atoms. The van der Waals surface area contributed by atoms with Gasteiger partial charge in [0.25, 0.3) is 0 Å². The van der Waals surface area contributed by atoms with Gasteiger partial charge in [0, 0.05) is 38.4 Å². The smallest absolute Gasteiger partial charge is 0.0998 e. The Morgan fingerprint density at radius 3 is 1.67 bits per heavy atom. The van der Waals surface area contributed by atoms with E-state index in [0.29, 0.717) is 11.1 Å².